The Morgan fingerprint density at radius 3 is 2.20 bits per heavy atom. The third-order valence-corrected chi connectivity index (χ3v) is 1.77. The van der Waals surface area contributed by atoms with Gasteiger partial charge in [0.15, 0.2) is 0 Å². The summed E-state index contributed by atoms with van der Waals surface area (Å²) in [4.78, 5) is 22.4. The van der Waals surface area contributed by atoms with Crippen LogP contribution in [0.3, 0.4) is 0 Å². The summed E-state index contributed by atoms with van der Waals surface area (Å²) in [5.74, 6) is -0.313. The summed E-state index contributed by atoms with van der Waals surface area (Å²) < 4.78 is 4.98. The number of hydrogen-bond donors (Lipinski definition) is 1. The van der Waals surface area contributed by atoms with Crippen LogP contribution in [0.4, 0.5) is 0 Å². The average Bonchev–Trinajstić information content (AvgIpc) is 2.09. The average molecular weight is 215 g/mol. The number of amides is 1. The summed E-state index contributed by atoms with van der Waals surface area (Å²) in [6, 6.07) is 0. The molecule has 0 spiro atoms. The second-order valence-corrected chi connectivity index (χ2v) is 4.83. The molecule has 0 aromatic rings. The van der Waals surface area contributed by atoms with Crippen LogP contribution < -0.4 is 5.32 Å². The third kappa shape index (κ3) is 6.10. The van der Waals surface area contributed by atoms with Crippen LogP contribution in [-0.2, 0) is 14.3 Å². The highest BCUT2D eigenvalue weighted by molar-refractivity contribution is 5.78. The molecule has 0 aromatic carbocycles. The van der Waals surface area contributed by atoms with Gasteiger partial charge in [-0.15, -0.1) is 0 Å². The zero-order chi connectivity index (χ0) is 12.1. The van der Waals surface area contributed by atoms with Crippen LogP contribution in [0.1, 0.15) is 34.6 Å². The molecule has 15 heavy (non-hydrogen) atoms. The molecule has 88 valence electrons. The van der Waals surface area contributed by atoms with Crippen LogP contribution in [0.2, 0.25) is 0 Å². The van der Waals surface area contributed by atoms with Gasteiger partial charge in [0.05, 0.1) is 12.0 Å². The van der Waals surface area contributed by atoms with Crippen molar-refractivity contribution in [2.45, 2.75) is 34.6 Å². The lowest BCUT2D eigenvalue weighted by molar-refractivity contribution is -0.153. The normalized spacial score (nSPS) is 11.3. The van der Waals surface area contributed by atoms with Gasteiger partial charge in [0, 0.05) is 5.92 Å². The molecule has 0 heterocycles. The number of esters is 1. The van der Waals surface area contributed by atoms with Crippen molar-refractivity contribution in [1.29, 1.82) is 0 Å². The Bertz CT molecular complexity index is 228. The van der Waals surface area contributed by atoms with E-state index < -0.39 is 5.41 Å². The van der Waals surface area contributed by atoms with Gasteiger partial charge in [-0.2, -0.15) is 0 Å². The number of hydrogen-bond acceptors (Lipinski definition) is 3. The van der Waals surface area contributed by atoms with E-state index in [1.165, 1.54) is 0 Å². The van der Waals surface area contributed by atoms with Gasteiger partial charge in [-0.1, -0.05) is 13.8 Å². The summed E-state index contributed by atoms with van der Waals surface area (Å²) in [5, 5.41) is 2.67. The van der Waals surface area contributed by atoms with Gasteiger partial charge in [0.2, 0.25) is 5.91 Å². The van der Waals surface area contributed by atoms with Crippen molar-refractivity contribution in [3.8, 4) is 0 Å². The van der Waals surface area contributed by atoms with Crippen molar-refractivity contribution in [1.82, 2.24) is 5.32 Å². The Balaban J connectivity index is 3.65. The van der Waals surface area contributed by atoms with Crippen LogP contribution >= 0.6 is 0 Å². The second-order valence-electron chi connectivity index (χ2n) is 4.83. The van der Waals surface area contributed by atoms with Crippen molar-refractivity contribution in [3.63, 3.8) is 0 Å². The molecule has 0 atom stereocenters. The molecule has 0 rings (SSSR count). The van der Waals surface area contributed by atoms with Crippen LogP contribution in [-0.4, -0.2) is 25.0 Å². The molecular formula is C11H21NO3. The van der Waals surface area contributed by atoms with Crippen molar-refractivity contribution < 1.29 is 14.3 Å². The van der Waals surface area contributed by atoms with Crippen molar-refractivity contribution >= 4 is 11.9 Å². The Hall–Kier alpha value is -1.06. The molecule has 0 aromatic heterocycles. The lowest BCUT2D eigenvalue weighted by atomic mass is 9.97. The highest BCUT2D eigenvalue weighted by Gasteiger charge is 2.22. The third-order valence-electron chi connectivity index (χ3n) is 1.77. The van der Waals surface area contributed by atoms with Crippen LogP contribution in [0, 0.1) is 11.3 Å². The molecular weight excluding hydrogens is 194 g/mol. The first-order valence-electron chi connectivity index (χ1n) is 5.20. The minimum absolute atomic E-state index is 0.0261. The lowest BCUT2D eigenvalue weighted by Crippen LogP contribution is -2.32. The first kappa shape index (κ1) is 13.9. The Morgan fingerprint density at radius 2 is 1.80 bits per heavy atom. The smallest absolute Gasteiger partial charge is 0.311 e. The van der Waals surface area contributed by atoms with Gasteiger partial charge >= 0.3 is 5.97 Å². The maximum absolute atomic E-state index is 11.3. The molecule has 0 aliphatic rings. The van der Waals surface area contributed by atoms with Gasteiger partial charge in [-0.3, -0.25) is 9.59 Å². The zero-order valence-corrected chi connectivity index (χ0v) is 10.2. The van der Waals surface area contributed by atoms with E-state index >= 15 is 0 Å². The van der Waals surface area contributed by atoms with Crippen molar-refractivity contribution in [2.24, 2.45) is 11.3 Å². The molecule has 0 unspecified atom stereocenters. The Kier molecular flexibility index (Phi) is 5.33. The molecule has 4 nitrogen and oxygen atoms in total. The molecule has 0 aliphatic heterocycles. The maximum atomic E-state index is 11.3. The molecule has 0 saturated carbocycles. The Labute approximate surface area is 91.4 Å². The van der Waals surface area contributed by atoms with E-state index in [0.717, 1.165) is 0 Å². The van der Waals surface area contributed by atoms with E-state index in [9.17, 15) is 9.59 Å². The topological polar surface area (TPSA) is 55.4 Å². The largest absolute Gasteiger partial charge is 0.463 e. The van der Waals surface area contributed by atoms with Crippen LogP contribution in [0.25, 0.3) is 0 Å². The van der Waals surface area contributed by atoms with E-state index in [1.54, 1.807) is 20.8 Å². The van der Waals surface area contributed by atoms with Gasteiger partial charge in [0.25, 0.3) is 0 Å². The molecule has 0 saturated heterocycles. The first-order valence-corrected chi connectivity index (χ1v) is 5.20. The second kappa shape index (κ2) is 5.73. The van der Waals surface area contributed by atoms with Gasteiger partial charge in [0.1, 0.15) is 6.61 Å². The number of carbonyl (C=O) groups is 2. The number of carbonyl (C=O) groups excluding carboxylic acids is 2. The summed E-state index contributed by atoms with van der Waals surface area (Å²) in [6.07, 6.45) is 0. The van der Waals surface area contributed by atoms with Crippen LogP contribution in [0.5, 0.6) is 0 Å². The quantitative estimate of drug-likeness (QED) is 0.569. The summed E-state index contributed by atoms with van der Waals surface area (Å²) in [6.45, 7) is 9.62. The summed E-state index contributed by atoms with van der Waals surface area (Å²) in [7, 11) is 0. The van der Waals surface area contributed by atoms with Gasteiger partial charge in [-0.05, 0) is 20.8 Å². The summed E-state index contributed by atoms with van der Waals surface area (Å²) >= 11 is 0. The van der Waals surface area contributed by atoms with E-state index in [-0.39, 0.29) is 24.4 Å². The number of nitrogens with one attached hydrogen (secondary N) is 1. The molecule has 0 radical (unpaired) electrons. The SMILES string of the molecule is CC(C)C(=O)NCCOC(=O)C(C)(C)C. The van der Waals surface area contributed by atoms with Crippen molar-refractivity contribution in [3.05, 3.63) is 0 Å². The van der Waals surface area contributed by atoms with E-state index in [2.05, 4.69) is 5.32 Å². The van der Waals surface area contributed by atoms with Gasteiger partial charge in [-0.25, -0.2) is 0 Å². The molecule has 4 heteroatoms. The summed E-state index contributed by atoms with van der Waals surface area (Å²) in [5.41, 5.74) is -0.484. The van der Waals surface area contributed by atoms with E-state index in [4.69, 9.17) is 4.74 Å². The number of rotatable bonds is 4. The molecule has 1 amide bonds. The van der Waals surface area contributed by atoms with Gasteiger partial charge < -0.3 is 10.1 Å². The minimum atomic E-state index is -0.484. The van der Waals surface area contributed by atoms with Crippen molar-refractivity contribution in [2.75, 3.05) is 13.2 Å². The Morgan fingerprint density at radius 1 is 1.27 bits per heavy atom. The lowest BCUT2D eigenvalue weighted by Gasteiger charge is -2.16. The monoisotopic (exact) mass is 215 g/mol. The fourth-order valence-electron chi connectivity index (χ4n) is 0.739. The number of ether oxygens (including phenoxy) is 1. The highest BCUT2D eigenvalue weighted by Crippen LogP contribution is 2.14. The fraction of sp³-hybridized carbons (Fsp3) is 0.818. The predicted molar refractivity (Wildman–Crippen MR) is 58.3 cm³/mol. The molecule has 0 bridgehead atoms. The zero-order valence-electron chi connectivity index (χ0n) is 10.2. The minimum Gasteiger partial charge on any atom is -0.463 e. The molecule has 0 aliphatic carbocycles. The van der Waals surface area contributed by atoms with Crippen LogP contribution in [0.15, 0.2) is 0 Å². The standard InChI is InChI=1S/C11H21NO3/c1-8(2)9(13)12-6-7-15-10(14)11(3,4)5/h8H,6-7H2,1-5H3,(H,12,13). The predicted octanol–water partition coefficient (Wildman–Crippen LogP) is 1.35. The molecule has 0 fully saturated rings. The fourth-order valence-corrected chi connectivity index (χ4v) is 0.739. The van der Waals surface area contributed by atoms with E-state index in [1.807, 2.05) is 13.8 Å². The van der Waals surface area contributed by atoms with E-state index in [0.29, 0.717) is 6.54 Å². The molecule has 1 N–H and O–H groups in total. The maximum Gasteiger partial charge on any atom is 0.311 e. The highest BCUT2D eigenvalue weighted by atomic mass is 16.5. The first-order chi connectivity index (χ1) is 6.75.